The van der Waals surface area contributed by atoms with Gasteiger partial charge < -0.3 is 10.1 Å². The maximum absolute atomic E-state index is 13.1. The summed E-state index contributed by atoms with van der Waals surface area (Å²) in [7, 11) is 1.40. The number of piperidine rings is 1. The molecule has 0 bridgehead atoms. The van der Waals surface area contributed by atoms with Crippen molar-refractivity contribution in [3.8, 4) is 0 Å². The van der Waals surface area contributed by atoms with Gasteiger partial charge in [-0.2, -0.15) is 0 Å². The van der Waals surface area contributed by atoms with Crippen LogP contribution in [0.3, 0.4) is 0 Å². The number of methoxy groups -OCH3 is 1. The molecule has 4 rings (SSSR count). The van der Waals surface area contributed by atoms with Crippen LogP contribution >= 0.6 is 0 Å². The Morgan fingerprint density at radius 3 is 2.92 bits per heavy atom. The Morgan fingerprint density at radius 1 is 1.42 bits per heavy atom. The van der Waals surface area contributed by atoms with Crippen LogP contribution in [-0.4, -0.2) is 43.0 Å². The molecule has 1 aromatic carbocycles. The monoisotopic (exact) mass is 354 g/mol. The van der Waals surface area contributed by atoms with Gasteiger partial charge in [0.15, 0.2) is 0 Å². The van der Waals surface area contributed by atoms with E-state index >= 15 is 0 Å². The minimum Gasteiger partial charge on any atom is -0.466 e. The first-order valence-electron chi connectivity index (χ1n) is 9.45. The number of esters is 1. The minimum absolute atomic E-state index is 0.0595. The number of para-hydroxylation sites is 1. The predicted molar refractivity (Wildman–Crippen MR) is 99.8 cm³/mol. The van der Waals surface area contributed by atoms with Gasteiger partial charge in [0.25, 0.3) is 0 Å². The Kier molecular flexibility index (Phi) is 4.14. The Morgan fingerprint density at radius 2 is 2.19 bits per heavy atom. The first-order valence-corrected chi connectivity index (χ1v) is 9.45. The second-order valence-electron chi connectivity index (χ2n) is 7.76. The van der Waals surface area contributed by atoms with Crippen molar-refractivity contribution in [2.75, 3.05) is 25.5 Å². The lowest BCUT2D eigenvalue weighted by Crippen LogP contribution is -2.53. The van der Waals surface area contributed by atoms with Gasteiger partial charge in [-0.15, -0.1) is 0 Å². The van der Waals surface area contributed by atoms with E-state index in [-0.39, 0.29) is 23.8 Å². The van der Waals surface area contributed by atoms with Crippen LogP contribution in [0.15, 0.2) is 36.4 Å². The van der Waals surface area contributed by atoms with E-state index in [4.69, 9.17) is 4.74 Å². The molecule has 0 aliphatic carbocycles. The largest absolute Gasteiger partial charge is 0.466 e. The first-order chi connectivity index (χ1) is 12.5. The summed E-state index contributed by atoms with van der Waals surface area (Å²) in [6.45, 7) is 8.02. The van der Waals surface area contributed by atoms with E-state index in [0.29, 0.717) is 11.5 Å². The van der Waals surface area contributed by atoms with Crippen LogP contribution < -0.4 is 5.32 Å². The van der Waals surface area contributed by atoms with Crippen molar-refractivity contribution in [2.24, 2.45) is 11.8 Å². The standard InChI is InChI=1S/C21H26N2O3/c1-4-14-12-23-10-9-21(16-7-5-6-8-17(16)22-20(21)25)18(23)11-15(14)13(2)19(24)26-3/h5-8,14-15,18H,2,4,9-12H2,1,3H3,(H,22,25)/t14-,15-,18+,21-/m0/s1. The molecule has 138 valence electrons. The normalized spacial score (nSPS) is 32.8. The summed E-state index contributed by atoms with van der Waals surface area (Å²) in [5, 5.41) is 3.09. The minimum atomic E-state index is -0.510. The van der Waals surface area contributed by atoms with Gasteiger partial charge in [-0.25, -0.2) is 4.79 Å². The maximum atomic E-state index is 13.1. The molecule has 1 N–H and O–H groups in total. The first kappa shape index (κ1) is 17.3. The zero-order valence-corrected chi connectivity index (χ0v) is 15.5. The Labute approximate surface area is 154 Å². The van der Waals surface area contributed by atoms with Gasteiger partial charge in [-0.1, -0.05) is 38.1 Å². The van der Waals surface area contributed by atoms with Gasteiger partial charge in [0.1, 0.15) is 0 Å². The molecule has 0 radical (unpaired) electrons. The third-order valence-corrected chi connectivity index (χ3v) is 6.80. The molecule has 1 spiro atoms. The van der Waals surface area contributed by atoms with Gasteiger partial charge in [0.05, 0.1) is 12.5 Å². The molecule has 5 nitrogen and oxygen atoms in total. The fourth-order valence-electron chi connectivity index (χ4n) is 5.42. The second-order valence-corrected chi connectivity index (χ2v) is 7.76. The van der Waals surface area contributed by atoms with Crippen molar-refractivity contribution in [2.45, 2.75) is 37.6 Å². The van der Waals surface area contributed by atoms with E-state index in [1.165, 1.54) is 7.11 Å². The van der Waals surface area contributed by atoms with Crippen LogP contribution in [0.4, 0.5) is 5.69 Å². The number of carbonyl (C=O) groups excluding carboxylic acids is 2. The number of anilines is 1. The highest BCUT2D eigenvalue weighted by Gasteiger charge is 2.59. The lowest BCUT2D eigenvalue weighted by Gasteiger charge is -2.45. The fraction of sp³-hybridized carbons (Fsp3) is 0.524. The van der Waals surface area contributed by atoms with E-state index in [0.717, 1.165) is 43.6 Å². The third kappa shape index (κ3) is 2.26. The summed E-state index contributed by atoms with van der Waals surface area (Å²) in [5.74, 6) is 0.200. The lowest BCUT2D eigenvalue weighted by atomic mass is 9.67. The molecular weight excluding hydrogens is 328 g/mol. The average Bonchev–Trinajstić information content (AvgIpc) is 3.18. The molecule has 3 aliphatic rings. The van der Waals surface area contributed by atoms with E-state index in [1.54, 1.807) is 0 Å². The molecular formula is C21H26N2O3. The van der Waals surface area contributed by atoms with Gasteiger partial charge in [-0.05, 0) is 42.9 Å². The van der Waals surface area contributed by atoms with Crippen LogP contribution in [0.25, 0.3) is 0 Å². The number of rotatable bonds is 3. The lowest BCUT2D eigenvalue weighted by molar-refractivity contribution is -0.137. The smallest absolute Gasteiger partial charge is 0.333 e. The van der Waals surface area contributed by atoms with E-state index in [9.17, 15) is 9.59 Å². The highest BCUT2D eigenvalue weighted by molar-refractivity contribution is 6.07. The van der Waals surface area contributed by atoms with E-state index < -0.39 is 5.41 Å². The number of carbonyl (C=O) groups is 2. The summed E-state index contributed by atoms with van der Waals surface area (Å²) in [6, 6.07) is 8.12. The molecule has 3 aliphatic heterocycles. The molecule has 3 heterocycles. The summed E-state index contributed by atoms with van der Waals surface area (Å²) in [5.41, 5.74) is 2.08. The number of amides is 1. The molecule has 0 saturated carbocycles. The average molecular weight is 354 g/mol. The summed E-state index contributed by atoms with van der Waals surface area (Å²) < 4.78 is 4.93. The van der Waals surface area contributed by atoms with Gasteiger partial charge >= 0.3 is 5.97 Å². The molecule has 1 amide bonds. The Hall–Kier alpha value is -2.14. The fourth-order valence-corrected chi connectivity index (χ4v) is 5.42. The van der Waals surface area contributed by atoms with Gasteiger partial charge in [-0.3, -0.25) is 9.69 Å². The van der Waals surface area contributed by atoms with Crippen molar-refractivity contribution in [3.05, 3.63) is 42.0 Å². The summed E-state index contributed by atoms with van der Waals surface area (Å²) in [4.78, 5) is 27.7. The topological polar surface area (TPSA) is 58.6 Å². The Bertz CT molecular complexity index is 774. The maximum Gasteiger partial charge on any atom is 0.333 e. The van der Waals surface area contributed by atoms with Crippen molar-refractivity contribution < 1.29 is 14.3 Å². The number of fused-ring (bicyclic) bond motifs is 4. The third-order valence-electron chi connectivity index (χ3n) is 6.80. The summed E-state index contributed by atoms with van der Waals surface area (Å²) in [6.07, 6.45) is 2.59. The van der Waals surface area contributed by atoms with Crippen molar-refractivity contribution in [3.63, 3.8) is 0 Å². The zero-order chi connectivity index (χ0) is 18.5. The quantitative estimate of drug-likeness (QED) is 0.670. The molecule has 0 aromatic heterocycles. The molecule has 2 fully saturated rings. The van der Waals surface area contributed by atoms with Gasteiger partial charge in [0.2, 0.25) is 5.91 Å². The van der Waals surface area contributed by atoms with Crippen molar-refractivity contribution in [1.29, 1.82) is 0 Å². The number of ether oxygens (including phenoxy) is 1. The van der Waals surface area contributed by atoms with Crippen LogP contribution in [0.2, 0.25) is 0 Å². The van der Waals surface area contributed by atoms with Gasteiger partial charge in [0, 0.05) is 23.8 Å². The highest BCUT2D eigenvalue weighted by Crippen LogP contribution is 2.53. The van der Waals surface area contributed by atoms with E-state index in [2.05, 4.69) is 29.8 Å². The number of hydrogen-bond acceptors (Lipinski definition) is 4. The van der Waals surface area contributed by atoms with Crippen LogP contribution in [-0.2, 0) is 19.7 Å². The number of nitrogens with one attached hydrogen (secondary N) is 1. The molecule has 0 unspecified atom stereocenters. The van der Waals surface area contributed by atoms with Crippen LogP contribution in [0.5, 0.6) is 0 Å². The molecule has 2 saturated heterocycles. The highest BCUT2D eigenvalue weighted by atomic mass is 16.5. The SMILES string of the molecule is C=C(C(=O)OC)[C@@H]1C[C@H]2N(CC[C@@]23C(=O)Nc2ccccc23)C[C@@H]1CC. The molecule has 26 heavy (non-hydrogen) atoms. The predicted octanol–water partition coefficient (Wildman–Crippen LogP) is 2.73. The molecule has 5 heteroatoms. The van der Waals surface area contributed by atoms with Crippen LogP contribution in [0.1, 0.15) is 31.7 Å². The van der Waals surface area contributed by atoms with Crippen molar-refractivity contribution in [1.82, 2.24) is 4.90 Å². The Balaban J connectivity index is 1.72. The number of benzene rings is 1. The zero-order valence-electron chi connectivity index (χ0n) is 15.5. The van der Waals surface area contributed by atoms with E-state index in [1.807, 2.05) is 18.2 Å². The second kappa shape index (κ2) is 6.23. The summed E-state index contributed by atoms with van der Waals surface area (Å²) >= 11 is 0. The van der Waals surface area contributed by atoms with Crippen molar-refractivity contribution >= 4 is 17.6 Å². The number of hydrogen-bond donors (Lipinski definition) is 1. The molecule has 1 aromatic rings. The number of nitrogens with zero attached hydrogens (tertiary/aromatic N) is 1. The molecule has 4 atom stereocenters. The van der Waals surface area contributed by atoms with Crippen LogP contribution in [0, 0.1) is 11.8 Å².